The molecule has 2 aromatic rings. The number of benzene rings is 2. The Hall–Kier alpha value is -3.06. The molecular formula is C28H35FN2O4. The van der Waals surface area contributed by atoms with Crippen LogP contribution in [-0.2, 0) is 32.8 Å². The minimum atomic E-state index is -1.05. The largest absolute Gasteiger partial charge is 0.386 e. The fraction of sp³-hybridized carbons (Fsp3) is 0.464. The predicted molar refractivity (Wildman–Crippen MR) is 132 cm³/mol. The molecule has 0 spiro atoms. The number of carbonyl (C=O) groups is 3. The summed E-state index contributed by atoms with van der Waals surface area (Å²) >= 11 is 0. The Morgan fingerprint density at radius 2 is 1.77 bits per heavy atom. The molecule has 1 unspecified atom stereocenters. The van der Waals surface area contributed by atoms with Gasteiger partial charge in [0, 0.05) is 19.4 Å². The lowest BCUT2D eigenvalue weighted by atomic mass is 9.87. The van der Waals surface area contributed by atoms with Crippen LogP contribution in [0.25, 0.3) is 0 Å². The summed E-state index contributed by atoms with van der Waals surface area (Å²) in [6.45, 7) is 9.65. The van der Waals surface area contributed by atoms with Crippen LogP contribution < -0.4 is 10.6 Å². The van der Waals surface area contributed by atoms with E-state index in [-0.39, 0.29) is 48.2 Å². The summed E-state index contributed by atoms with van der Waals surface area (Å²) in [6.07, 6.45) is 0.588. The molecule has 0 aromatic heterocycles. The van der Waals surface area contributed by atoms with E-state index in [9.17, 15) is 23.9 Å². The fourth-order valence-electron chi connectivity index (χ4n) is 4.20. The molecule has 2 aromatic carbocycles. The Balaban J connectivity index is 1.83. The van der Waals surface area contributed by atoms with Crippen LogP contribution in [0.3, 0.4) is 0 Å². The monoisotopic (exact) mass is 482 g/mol. The normalized spacial score (nSPS) is 17.1. The van der Waals surface area contributed by atoms with Crippen LogP contribution in [0.1, 0.15) is 69.3 Å². The average molecular weight is 483 g/mol. The lowest BCUT2D eigenvalue weighted by molar-refractivity contribution is -0.130. The molecule has 2 atom stereocenters. The first-order valence-electron chi connectivity index (χ1n) is 11.9. The molecule has 1 aliphatic heterocycles. The van der Waals surface area contributed by atoms with E-state index in [1.807, 2.05) is 20.8 Å². The van der Waals surface area contributed by atoms with Gasteiger partial charge in [-0.2, -0.15) is 0 Å². The standard InChI is InChI=1S/C28H35FN2O4/c1-27(2,3)15-19-7-6-17(12-22(19)29)13-23(32)25(31-26(34)20-14-24(33)30-16-20)18-8-10-21(11-9-18)28(4,5)35/h6-12,20,25,35H,13-16H2,1-5H3,(H,30,33)(H,31,34)/t20-,25?/m0/s1. The van der Waals surface area contributed by atoms with Gasteiger partial charge in [-0.15, -0.1) is 0 Å². The van der Waals surface area contributed by atoms with Crippen molar-refractivity contribution < 1.29 is 23.9 Å². The van der Waals surface area contributed by atoms with Crippen LogP contribution in [0, 0.1) is 17.2 Å². The van der Waals surface area contributed by atoms with Gasteiger partial charge in [0.1, 0.15) is 11.9 Å². The van der Waals surface area contributed by atoms with E-state index in [1.165, 1.54) is 6.07 Å². The van der Waals surface area contributed by atoms with Crippen molar-refractivity contribution in [3.63, 3.8) is 0 Å². The summed E-state index contributed by atoms with van der Waals surface area (Å²) < 4.78 is 14.7. The van der Waals surface area contributed by atoms with Gasteiger partial charge in [-0.3, -0.25) is 14.4 Å². The number of hydrogen-bond donors (Lipinski definition) is 3. The quantitative estimate of drug-likeness (QED) is 0.534. The van der Waals surface area contributed by atoms with Gasteiger partial charge < -0.3 is 15.7 Å². The molecule has 188 valence electrons. The van der Waals surface area contributed by atoms with Crippen molar-refractivity contribution in [2.45, 2.75) is 65.5 Å². The van der Waals surface area contributed by atoms with Crippen molar-refractivity contribution in [3.8, 4) is 0 Å². The van der Waals surface area contributed by atoms with Crippen LogP contribution in [0.15, 0.2) is 42.5 Å². The third kappa shape index (κ3) is 7.21. The molecule has 2 amide bonds. The highest BCUT2D eigenvalue weighted by Crippen LogP contribution is 2.26. The second-order valence-corrected chi connectivity index (χ2v) is 11.1. The van der Waals surface area contributed by atoms with Crippen molar-refractivity contribution in [1.29, 1.82) is 0 Å². The predicted octanol–water partition coefficient (Wildman–Crippen LogP) is 3.75. The van der Waals surface area contributed by atoms with Gasteiger partial charge in [-0.1, -0.05) is 57.2 Å². The minimum Gasteiger partial charge on any atom is -0.386 e. The van der Waals surface area contributed by atoms with Gasteiger partial charge in [0.25, 0.3) is 0 Å². The highest BCUT2D eigenvalue weighted by atomic mass is 19.1. The number of nitrogens with one attached hydrogen (secondary N) is 2. The van der Waals surface area contributed by atoms with Gasteiger partial charge in [0.15, 0.2) is 5.78 Å². The van der Waals surface area contributed by atoms with Gasteiger partial charge in [0.05, 0.1) is 11.5 Å². The van der Waals surface area contributed by atoms with Crippen LogP contribution in [-0.4, -0.2) is 29.2 Å². The molecule has 1 saturated heterocycles. The summed E-state index contributed by atoms with van der Waals surface area (Å²) in [5.74, 6) is -1.79. The molecule has 6 nitrogen and oxygen atoms in total. The maximum Gasteiger partial charge on any atom is 0.226 e. The van der Waals surface area contributed by atoms with E-state index in [2.05, 4.69) is 10.6 Å². The lowest BCUT2D eigenvalue weighted by Gasteiger charge is -2.22. The second-order valence-electron chi connectivity index (χ2n) is 11.1. The molecular weight excluding hydrogens is 447 g/mol. The molecule has 0 aliphatic carbocycles. The number of halogens is 1. The molecule has 1 heterocycles. The third-order valence-electron chi connectivity index (χ3n) is 6.12. The number of ketones is 1. The van der Waals surface area contributed by atoms with E-state index in [1.54, 1.807) is 50.2 Å². The molecule has 3 rings (SSSR count). The van der Waals surface area contributed by atoms with Crippen LogP contribution >= 0.6 is 0 Å². The first kappa shape index (κ1) is 26.5. The zero-order valence-corrected chi connectivity index (χ0v) is 21.1. The number of Topliss-reactive ketones (excluding diaryl/α,β-unsaturated/α-hetero) is 1. The van der Waals surface area contributed by atoms with E-state index in [0.29, 0.717) is 28.7 Å². The van der Waals surface area contributed by atoms with E-state index >= 15 is 0 Å². The zero-order chi connectivity index (χ0) is 26.0. The maximum atomic E-state index is 14.7. The number of aliphatic hydroxyl groups is 1. The van der Waals surface area contributed by atoms with Crippen LogP contribution in [0.5, 0.6) is 0 Å². The zero-order valence-electron chi connectivity index (χ0n) is 21.1. The molecule has 35 heavy (non-hydrogen) atoms. The lowest BCUT2D eigenvalue weighted by Crippen LogP contribution is -2.39. The highest BCUT2D eigenvalue weighted by molar-refractivity contribution is 5.94. The smallest absolute Gasteiger partial charge is 0.226 e. The van der Waals surface area contributed by atoms with Gasteiger partial charge in [-0.05, 0) is 54.0 Å². The molecule has 0 radical (unpaired) electrons. The van der Waals surface area contributed by atoms with Crippen molar-refractivity contribution in [3.05, 3.63) is 70.5 Å². The van der Waals surface area contributed by atoms with E-state index < -0.39 is 17.6 Å². The molecule has 1 fully saturated rings. The summed E-state index contributed by atoms with van der Waals surface area (Å²) in [5.41, 5.74) is 1.22. The third-order valence-corrected chi connectivity index (χ3v) is 6.12. The van der Waals surface area contributed by atoms with Gasteiger partial charge >= 0.3 is 0 Å². The SMILES string of the molecule is CC(C)(C)Cc1ccc(CC(=O)C(NC(=O)[C@@H]2CNC(=O)C2)c2ccc(C(C)(C)O)cc2)cc1F. The summed E-state index contributed by atoms with van der Waals surface area (Å²) in [5, 5.41) is 15.7. The second kappa shape index (κ2) is 10.3. The minimum absolute atomic E-state index is 0.0627. The summed E-state index contributed by atoms with van der Waals surface area (Å²) in [6, 6.07) is 10.7. The van der Waals surface area contributed by atoms with Crippen LogP contribution in [0.2, 0.25) is 0 Å². The fourth-order valence-corrected chi connectivity index (χ4v) is 4.20. The molecule has 0 saturated carbocycles. The Morgan fingerprint density at radius 3 is 2.29 bits per heavy atom. The van der Waals surface area contributed by atoms with Crippen molar-refractivity contribution in [2.24, 2.45) is 11.3 Å². The topological polar surface area (TPSA) is 95.5 Å². The average Bonchev–Trinajstić information content (AvgIpc) is 3.19. The number of amides is 2. The number of rotatable bonds is 8. The van der Waals surface area contributed by atoms with Crippen LogP contribution in [0.4, 0.5) is 4.39 Å². The molecule has 3 N–H and O–H groups in total. The number of hydrogen-bond acceptors (Lipinski definition) is 4. The molecule has 0 bridgehead atoms. The first-order chi connectivity index (χ1) is 16.2. The molecule has 7 heteroatoms. The molecule has 1 aliphatic rings. The Morgan fingerprint density at radius 1 is 1.11 bits per heavy atom. The Bertz CT molecular complexity index is 1100. The maximum absolute atomic E-state index is 14.7. The van der Waals surface area contributed by atoms with Crippen molar-refractivity contribution >= 4 is 17.6 Å². The first-order valence-corrected chi connectivity index (χ1v) is 11.9. The summed E-state index contributed by atoms with van der Waals surface area (Å²) in [4.78, 5) is 37.7. The Kier molecular flexibility index (Phi) is 7.80. The summed E-state index contributed by atoms with van der Waals surface area (Å²) in [7, 11) is 0. The van der Waals surface area contributed by atoms with Crippen molar-refractivity contribution in [1.82, 2.24) is 10.6 Å². The van der Waals surface area contributed by atoms with Gasteiger partial charge in [-0.25, -0.2) is 4.39 Å². The van der Waals surface area contributed by atoms with Crippen molar-refractivity contribution in [2.75, 3.05) is 6.54 Å². The van der Waals surface area contributed by atoms with E-state index in [0.717, 1.165) is 0 Å². The Labute approximate surface area is 206 Å². The van der Waals surface area contributed by atoms with Gasteiger partial charge in [0.2, 0.25) is 11.8 Å². The number of carbonyl (C=O) groups excluding carboxylic acids is 3. The van der Waals surface area contributed by atoms with E-state index in [4.69, 9.17) is 0 Å². The highest BCUT2D eigenvalue weighted by Gasteiger charge is 2.32.